The lowest BCUT2D eigenvalue weighted by atomic mass is 9.49. The number of imide groups is 2. The number of nitrogens with zero attached hydrogens (tertiary/aromatic N) is 2. The molecule has 2 heterocycles. The normalized spacial score (nSPS) is 25.9. The summed E-state index contributed by atoms with van der Waals surface area (Å²) >= 11 is 9.87. The Balaban J connectivity index is 1.34. The fourth-order valence-corrected chi connectivity index (χ4v) is 9.58. The number of benzene rings is 4. The molecule has 2 aliphatic carbocycles. The maximum atomic E-state index is 15.3. The van der Waals surface area contributed by atoms with Gasteiger partial charge in [0.2, 0.25) is 11.8 Å². The molecule has 2 aliphatic heterocycles. The van der Waals surface area contributed by atoms with Gasteiger partial charge in [0.15, 0.2) is 11.5 Å². The van der Waals surface area contributed by atoms with E-state index in [0.29, 0.717) is 20.6 Å². The lowest BCUT2D eigenvalue weighted by Crippen LogP contribution is -2.53. The van der Waals surface area contributed by atoms with Gasteiger partial charge in [-0.15, -0.1) is 0 Å². The molecule has 6 unspecified atom stereocenters. The number of nitrogens with one attached hydrogen (secondary N) is 1. The molecule has 4 amide bonds. The maximum Gasteiger partial charge on any atom is 0.335 e. The number of carbonyl (C=O) groups excluding carboxylic acids is 4. The van der Waals surface area contributed by atoms with Crippen molar-refractivity contribution < 1.29 is 43.3 Å². The number of allylic oxidation sites excluding steroid dienone is 2. The molecule has 11 nitrogen and oxygen atoms in total. The van der Waals surface area contributed by atoms with Crippen molar-refractivity contribution in [2.24, 2.45) is 23.7 Å². The second-order valence-corrected chi connectivity index (χ2v) is 15.1. The second kappa shape index (κ2) is 13.1. The molecule has 1 saturated carbocycles. The van der Waals surface area contributed by atoms with Gasteiger partial charge in [0.05, 0.1) is 47.2 Å². The summed E-state index contributed by atoms with van der Waals surface area (Å²) in [5.41, 5.74) is 2.66. The monoisotopic (exact) mass is 813 g/mol. The van der Waals surface area contributed by atoms with Crippen molar-refractivity contribution in [1.29, 1.82) is 0 Å². The van der Waals surface area contributed by atoms with Crippen LogP contribution >= 0.6 is 27.5 Å². The lowest BCUT2D eigenvalue weighted by Gasteiger charge is -2.50. The highest BCUT2D eigenvalue weighted by Crippen LogP contribution is 2.65. The molecule has 3 fully saturated rings. The van der Waals surface area contributed by atoms with Crippen molar-refractivity contribution in [2.75, 3.05) is 17.4 Å². The first-order valence-corrected chi connectivity index (χ1v) is 18.2. The van der Waals surface area contributed by atoms with Gasteiger partial charge >= 0.3 is 5.97 Å². The number of hydrogen-bond acceptors (Lipinski definition) is 8. The minimum absolute atomic E-state index is 0.0355. The molecule has 4 aliphatic rings. The van der Waals surface area contributed by atoms with Crippen LogP contribution in [0, 0.1) is 29.5 Å². The van der Waals surface area contributed by atoms with Gasteiger partial charge in [-0.1, -0.05) is 57.4 Å². The largest absolute Gasteiger partial charge is 0.504 e. The smallest absolute Gasteiger partial charge is 0.335 e. The van der Waals surface area contributed by atoms with Gasteiger partial charge in [-0.2, -0.15) is 5.01 Å². The minimum atomic E-state index is -1.73. The number of carboxylic acids is 1. The summed E-state index contributed by atoms with van der Waals surface area (Å²) in [5.74, 6) is -9.11. The zero-order valence-corrected chi connectivity index (χ0v) is 30.7. The van der Waals surface area contributed by atoms with Gasteiger partial charge in [-0.3, -0.25) is 29.5 Å². The summed E-state index contributed by atoms with van der Waals surface area (Å²) < 4.78 is 19.9. The summed E-state index contributed by atoms with van der Waals surface area (Å²) in [6.07, 6.45) is 1.89. The van der Waals surface area contributed by atoms with Gasteiger partial charge in [0, 0.05) is 21.0 Å². The Bertz CT molecular complexity index is 2320. The van der Waals surface area contributed by atoms with Gasteiger partial charge in [-0.25, -0.2) is 9.18 Å². The van der Waals surface area contributed by atoms with Gasteiger partial charge in [0.1, 0.15) is 5.82 Å². The van der Waals surface area contributed by atoms with Crippen molar-refractivity contribution in [3.63, 3.8) is 0 Å². The number of phenols is 1. The molecule has 3 N–H and O–H groups in total. The van der Waals surface area contributed by atoms with Crippen molar-refractivity contribution in [3.05, 3.63) is 129 Å². The van der Waals surface area contributed by atoms with Crippen LogP contribution in [0.1, 0.15) is 40.2 Å². The number of phenolic OH excluding ortho intramolecular Hbond substituents is 1. The molecular weight excluding hydrogens is 785 g/mol. The molecule has 274 valence electrons. The van der Waals surface area contributed by atoms with Gasteiger partial charge in [0.25, 0.3) is 11.8 Å². The number of halogens is 3. The quantitative estimate of drug-likeness (QED) is 0.134. The van der Waals surface area contributed by atoms with Crippen LogP contribution in [-0.2, 0) is 24.6 Å². The predicted molar refractivity (Wildman–Crippen MR) is 197 cm³/mol. The third-order valence-corrected chi connectivity index (χ3v) is 11.9. The number of aromatic carboxylic acids is 1. The van der Waals surface area contributed by atoms with Crippen LogP contribution in [0.15, 0.2) is 101 Å². The molecule has 0 radical (unpaired) electrons. The topological polar surface area (TPSA) is 154 Å². The molecule has 0 spiro atoms. The van der Waals surface area contributed by atoms with Crippen LogP contribution in [0.4, 0.5) is 15.8 Å². The number of fused-ring (bicyclic) bond motifs is 4. The molecular formula is C40H30BrClFN3O8. The predicted octanol–water partition coefficient (Wildman–Crippen LogP) is 6.84. The Morgan fingerprint density at radius 3 is 2.37 bits per heavy atom. The molecule has 0 bridgehead atoms. The number of methoxy groups -OCH3 is 1. The highest BCUT2D eigenvalue weighted by Gasteiger charge is 2.70. The summed E-state index contributed by atoms with van der Waals surface area (Å²) in [7, 11) is 1.38. The van der Waals surface area contributed by atoms with E-state index >= 15 is 4.79 Å². The van der Waals surface area contributed by atoms with E-state index in [1.807, 2.05) is 6.08 Å². The Morgan fingerprint density at radius 1 is 0.963 bits per heavy atom. The summed E-state index contributed by atoms with van der Waals surface area (Å²) in [6.45, 7) is 0. The maximum absolute atomic E-state index is 15.3. The van der Waals surface area contributed by atoms with Crippen molar-refractivity contribution in [2.45, 2.75) is 24.2 Å². The molecule has 14 heteroatoms. The second-order valence-electron chi connectivity index (χ2n) is 13.8. The fraction of sp³-hybridized carbons (Fsp3) is 0.225. The fourth-order valence-electron chi connectivity index (χ4n) is 9.00. The molecule has 0 aromatic heterocycles. The van der Waals surface area contributed by atoms with E-state index in [2.05, 4.69) is 21.4 Å². The van der Waals surface area contributed by atoms with Crippen molar-refractivity contribution in [1.82, 2.24) is 5.01 Å². The number of carbonyl (C=O) groups is 5. The van der Waals surface area contributed by atoms with Gasteiger partial charge in [-0.05, 0) is 91.1 Å². The number of ether oxygens (including phenoxy) is 1. The number of hydrazine groups is 1. The Kier molecular flexibility index (Phi) is 8.61. The average Bonchev–Trinajstić information content (AvgIpc) is 3.54. The van der Waals surface area contributed by atoms with E-state index < -0.39 is 70.4 Å². The summed E-state index contributed by atoms with van der Waals surface area (Å²) in [4.78, 5) is 71.6. The molecule has 4 aromatic rings. The zero-order valence-electron chi connectivity index (χ0n) is 28.3. The number of rotatable bonds is 7. The van der Waals surface area contributed by atoms with Crippen molar-refractivity contribution in [3.8, 4) is 11.5 Å². The third kappa shape index (κ3) is 5.24. The number of carboxylic acid groups (broad SMARTS) is 1. The number of anilines is 2. The Hall–Kier alpha value is -5.53. The van der Waals surface area contributed by atoms with E-state index in [1.54, 1.807) is 36.4 Å². The zero-order chi connectivity index (χ0) is 38.2. The molecule has 8 rings (SSSR count). The van der Waals surface area contributed by atoms with Crippen molar-refractivity contribution >= 4 is 68.5 Å². The summed E-state index contributed by atoms with van der Waals surface area (Å²) in [5, 5.41) is 22.8. The first-order chi connectivity index (χ1) is 25.9. The SMILES string of the molecule is COc1cc(Br)cc(C2C3=CCC4C(=O)N(c5cccc(C(=O)O)c5)C(=O)C4C3CC3C(=O)N(Nc4ccc(F)cc4)C(=O)C32c2ccc(Cl)cc2)c1O. The highest BCUT2D eigenvalue weighted by molar-refractivity contribution is 9.10. The van der Waals surface area contributed by atoms with Crippen LogP contribution < -0.4 is 15.1 Å². The van der Waals surface area contributed by atoms with Gasteiger partial charge < -0.3 is 14.9 Å². The first kappa shape index (κ1) is 35.5. The van der Waals surface area contributed by atoms with Crippen LogP contribution in [-0.4, -0.2) is 51.9 Å². The van der Waals surface area contributed by atoms with Crippen LogP contribution in [0.2, 0.25) is 5.02 Å². The Labute approximate surface area is 321 Å². The lowest BCUT2D eigenvalue weighted by molar-refractivity contribution is -0.138. The molecule has 6 atom stereocenters. The number of aromatic hydroxyl groups is 1. The summed E-state index contributed by atoms with van der Waals surface area (Å²) in [6, 6.07) is 20.5. The number of hydrogen-bond donors (Lipinski definition) is 3. The van der Waals surface area contributed by atoms with Crippen LogP contribution in [0.25, 0.3) is 0 Å². The molecule has 54 heavy (non-hydrogen) atoms. The van der Waals surface area contributed by atoms with Crippen LogP contribution in [0.5, 0.6) is 11.5 Å². The Morgan fingerprint density at radius 2 is 1.69 bits per heavy atom. The van der Waals surface area contributed by atoms with E-state index in [4.69, 9.17) is 16.3 Å². The molecule has 4 aromatic carbocycles. The molecule has 2 saturated heterocycles. The standard InChI is InChI=1S/C40H30BrClFN3O8/c1-54-31-17-21(41)16-29(34(31)47)33-26-13-14-27-32(37(50)45(35(27)48)25-4-2-3-19(15-25)38(51)52)28(26)18-30-36(49)46(44-24-11-9-23(43)10-12-24)39(53)40(30,33)20-5-7-22(42)8-6-20/h2-13,15-17,27-28,30,32-33,44,47H,14,18H2,1H3,(H,51,52). The van der Waals surface area contributed by atoms with E-state index in [-0.39, 0.29) is 46.8 Å². The minimum Gasteiger partial charge on any atom is -0.504 e. The van der Waals surface area contributed by atoms with Crippen LogP contribution in [0.3, 0.4) is 0 Å². The number of amides is 4. The average molecular weight is 815 g/mol. The van der Waals surface area contributed by atoms with E-state index in [1.165, 1.54) is 55.6 Å². The first-order valence-electron chi connectivity index (χ1n) is 17.0. The van der Waals surface area contributed by atoms with E-state index in [9.17, 15) is 33.8 Å². The third-order valence-electron chi connectivity index (χ3n) is 11.2. The highest BCUT2D eigenvalue weighted by atomic mass is 79.9. The van der Waals surface area contributed by atoms with E-state index in [0.717, 1.165) is 9.91 Å².